The van der Waals surface area contributed by atoms with Gasteiger partial charge in [-0.25, -0.2) is 4.98 Å². The fourth-order valence-corrected chi connectivity index (χ4v) is 2.76. The van der Waals surface area contributed by atoms with Crippen molar-refractivity contribution in [2.24, 2.45) is 0 Å². The zero-order valence-electron chi connectivity index (χ0n) is 10.2. The van der Waals surface area contributed by atoms with E-state index in [9.17, 15) is 5.11 Å². The number of aromatic nitrogens is 1. The van der Waals surface area contributed by atoms with Crippen LogP contribution in [0.25, 0.3) is 0 Å². The zero-order valence-corrected chi connectivity index (χ0v) is 11.0. The molecule has 0 spiro atoms. The predicted molar refractivity (Wildman–Crippen MR) is 69.0 cm³/mol. The molecule has 0 bridgehead atoms. The van der Waals surface area contributed by atoms with Crippen molar-refractivity contribution in [1.82, 2.24) is 9.88 Å². The van der Waals surface area contributed by atoms with Gasteiger partial charge in [-0.3, -0.25) is 4.90 Å². The topological polar surface area (TPSA) is 36.4 Å². The number of rotatable bonds is 4. The van der Waals surface area contributed by atoms with Crippen LogP contribution in [0.15, 0.2) is 18.3 Å². The molecule has 1 fully saturated rings. The Morgan fingerprint density at radius 1 is 1.47 bits per heavy atom. The molecule has 0 aromatic carbocycles. The Bertz CT molecular complexity index is 377. The molecule has 0 unspecified atom stereocenters. The fraction of sp³-hybridized carbons (Fsp3) is 0.615. The van der Waals surface area contributed by atoms with E-state index in [0.29, 0.717) is 11.7 Å². The molecule has 94 valence electrons. The summed E-state index contributed by atoms with van der Waals surface area (Å²) in [5.41, 5.74) is 0.516. The third-order valence-electron chi connectivity index (χ3n) is 3.38. The van der Waals surface area contributed by atoms with E-state index < -0.39 is 5.60 Å². The first-order chi connectivity index (χ1) is 8.09. The monoisotopic (exact) mass is 254 g/mol. The van der Waals surface area contributed by atoms with Gasteiger partial charge in [-0.15, -0.1) is 0 Å². The number of likely N-dealkylation sites (N-methyl/N-ethyl adjacent to an activating group) is 1. The van der Waals surface area contributed by atoms with E-state index in [1.165, 1.54) is 0 Å². The molecule has 1 aliphatic carbocycles. The number of hydrogen-bond donors (Lipinski definition) is 1. The minimum Gasteiger partial charge on any atom is -0.389 e. The molecule has 1 aromatic rings. The predicted octanol–water partition coefficient (Wildman–Crippen LogP) is 2.47. The van der Waals surface area contributed by atoms with Crippen LogP contribution in [0.1, 0.15) is 31.2 Å². The molecule has 2 rings (SSSR count). The number of hydrogen-bond acceptors (Lipinski definition) is 3. The van der Waals surface area contributed by atoms with Gasteiger partial charge in [-0.2, -0.15) is 0 Å². The van der Waals surface area contributed by atoms with Crippen molar-refractivity contribution >= 4 is 11.6 Å². The summed E-state index contributed by atoms with van der Waals surface area (Å²) in [6.45, 7) is 1.44. The first kappa shape index (κ1) is 12.8. The van der Waals surface area contributed by atoms with Crippen LogP contribution in [0.4, 0.5) is 0 Å². The maximum absolute atomic E-state index is 10.3. The van der Waals surface area contributed by atoms with E-state index in [2.05, 4.69) is 9.88 Å². The maximum Gasteiger partial charge on any atom is 0.133 e. The van der Waals surface area contributed by atoms with Crippen LogP contribution in [0.5, 0.6) is 0 Å². The lowest BCUT2D eigenvalue weighted by Crippen LogP contribution is -2.38. The molecule has 1 aliphatic rings. The van der Waals surface area contributed by atoms with E-state index in [-0.39, 0.29) is 0 Å². The summed E-state index contributed by atoms with van der Waals surface area (Å²) in [5.74, 6) is 0. The third-order valence-corrected chi connectivity index (χ3v) is 3.72. The van der Waals surface area contributed by atoms with Crippen molar-refractivity contribution in [2.75, 3.05) is 13.6 Å². The molecule has 0 aliphatic heterocycles. The summed E-state index contributed by atoms with van der Waals surface area (Å²) in [6.07, 6.45) is 5.79. The molecule has 1 N–H and O–H groups in total. The van der Waals surface area contributed by atoms with Crippen LogP contribution < -0.4 is 0 Å². The van der Waals surface area contributed by atoms with Gasteiger partial charge in [0.15, 0.2) is 0 Å². The van der Waals surface area contributed by atoms with Gasteiger partial charge in [0.1, 0.15) is 5.15 Å². The van der Waals surface area contributed by atoms with E-state index in [1.807, 2.05) is 19.2 Å². The van der Waals surface area contributed by atoms with Gasteiger partial charge in [0.25, 0.3) is 0 Å². The van der Waals surface area contributed by atoms with Gasteiger partial charge in [0.2, 0.25) is 0 Å². The molecule has 0 amide bonds. The molecular weight excluding hydrogens is 236 g/mol. The molecule has 0 atom stereocenters. The molecule has 3 nitrogen and oxygen atoms in total. The number of aliphatic hydroxyl groups is 1. The fourth-order valence-electron chi connectivity index (χ4n) is 2.58. The summed E-state index contributed by atoms with van der Waals surface area (Å²) < 4.78 is 0. The Morgan fingerprint density at radius 2 is 2.18 bits per heavy atom. The van der Waals surface area contributed by atoms with Gasteiger partial charge >= 0.3 is 0 Å². The van der Waals surface area contributed by atoms with E-state index in [4.69, 9.17) is 11.6 Å². The van der Waals surface area contributed by atoms with Crippen LogP contribution in [-0.4, -0.2) is 34.2 Å². The SMILES string of the molecule is CN(Cc1cccnc1Cl)CC1(O)CCCC1. The summed E-state index contributed by atoms with van der Waals surface area (Å²) in [4.78, 5) is 6.18. The van der Waals surface area contributed by atoms with Crippen molar-refractivity contribution in [3.05, 3.63) is 29.0 Å². The highest BCUT2D eigenvalue weighted by Gasteiger charge is 2.32. The first-order valence-electron chi connectivity index (χ1n) is 6.09. The lowest BCUT2D eigenvalue weighted by molar-refractivity contribution is 0.0145. The van der Waals surface area contributed by atoms with Crippen LogP contribution in [0.2, 0.25) is 5.15 Å². The first-order valence-corrected chi connectivity index (χ1v) is 6.47. The molecule has 4 heteroatoms. The van der Waals surface area contributed by atoms with E-state index >= 15 is 0 Å². The Labute approximate surface area is 107 Å². The highest BCUT2D eigenvalue weighted by atomic mass is 35.5. The Balaban J connectivity index is 1.93. The van der Waals surface area contributed by atoms with Crippen LogP contribution >= 0.6 is 11.6 Å². The van der Waals surface area contributed by atoms with Crippen molar-refractivity contribution < 1.29 is 5.11 Å². The van der Waals surface area contributed by atoms with Crippen molar-refractivity contribution in [2.45, 2.75) is 37.8 Å². The number of nitrogens with zero attached hydrogens (tertiary/aromatic N) is 2. The van der Waals surface area contributed by atoms with Crippen molar-refractivity contribution in [1.29, 1.82) is 0 Å². The second kappa shape index (κ2) is 5.34. The average Bonchev–Trinajstić information content (AvgIpc) is 2.68. The molecule has 1 heterocycles. The zero-order chi connectivity index (χ0) is 12.3. The molecule has 0 saturated heterocycles. The minimum atomic E-state index is -0.497. The quantitative estimate of drug-likeness (QED) is 0.839. The largest absolute Gasteiger partial charge is 0.389 e. The van der Waals surface area contributed by atoms with Crippen LogP contribution in [0, 0.1) is 0 Å². The van der Waals surface area contributed by atoms with Crippen molar-refractivity contribution in [3.8, 4) is 0 Å². The lowest BCUT2D eigenvalue weighted by atomic mass is 10.0. The molecule has 1 saturated carbocycles. The van der Waals surface area contributed by atoms with Gasteiger partial charge in [-0.05, 0) is 26.0 Å². The molecule has 17 heavy (non-hydrogen) atoms. The Hall–Kier alpha value is -0.640. The summed E-state index contributed by atoms with van der Waals surface area (Å²) in [7, 11) is 2.01. The smallest absolute Gasteiger partial charge is 0.133 e. The highest BCUT2D eigenvalue weighted by molar-refractivity contribution is 6.30. The van der Waals surface area contributed by atoms with Gasteiger partial charge in [0.05, 0.1) is 5.60 Å². The Kier molecular flexibility index (Phi) is 4.02. The van der Waals surface area contributed by atoms with Gasteiger partial charge < -0.3 is 5.11 Å². The normalized spacial score (nSPS) is 18.8. The summed E-state index contributed by atoms with van der Waals surface area (Å²) >= 11 is 6.02. The molecule has 0 radical (unpaired) electrons. The van der Waals surface area contributed by atoms with E-state index in [1.54, 1.807) is 6.20 Å². The van der Waals surface area contributed by atoms with E-state index in [0.717, 1.165) is 37.8 Å². The Morgan fingerprint density at radius 3 is 2.82 bits per heavy atom. The van der Waals surface area contributed by atoms with Gasteiger partial charge in [0, 0.05) is 24.8 Å². The van der Waals surface area contributed by atoms with Crippen LogP contribution in [-0.2, 0) is 6.54 Å². The molecular formula is C13H19ClN2O. The van der Waals surface area contributed by atoms with Crippen LogP contribution in [0.3, 0.4) is 0 Å². The van der Waals surface area contributed by atoms with Crippen molar-refractivity contribution in [3.63, 3.8) is 0 Å². The van der Waals surface area contributed by atoms with Gasteiger partial charge in [-0.1, -0.05) is 30.5 Å². The average molecular weight is 255 g/mol. The second-order valence-electron chi connectivity index (χ2n) is 5.06. The molecule has 1 aromatic heterocycles. The third kappa shape index (κ3) is 3.41. The minimum absolute atomic E-state index is 0.497. The number of halogens is 1. The second-order valence-corrected chi connectivity index (χ2v) is 5.42. The summed E-state index contributed by atoms with van der Waals surface area (Å²) in [5, 5.41) is 10.9. The highest BCUT2D eigenvalue weighted by Crippen LogP contribution is 2.30. The summed E-state index contributed by atoms with van der Waals surface area (Å²) in [6, 6.07) is 3.86. The number of pyridine rings is 1. The maximum atomic E-state index is 10.3. The standard InChI is InChI=1S/C13H19ClN2O/c1-16(10-13(17)6-2-3-7-13)9-11-5-4-8-15-12(11)14/h4-5,8,17H,2-3,6-7,9-10H2,1H3. The lowest BCUT2D eigenvalue weighted by Gasteiger charge is -2.28.